The number of carbonyl (C=O) groups excluding carboxylic acids is 2. The maximum Gasteiger partial charge on any atom is 0.309 e. The summed E-state index contributed by atoms with van der Waals surface area (Å²) in [6, 6.07) is 9.89. The van der Waals surface area contributed by atoms with Crippen molar-refractivity contribution in [1.82, 2.24) is 10.6 Å². The van der Waals surface area contributed by atoms with E-state index < -0.39 is 11.8 Å². The highest BCUT2D eigenvalue weighted by atomic mass is 16.3. The number of benzene rings is 1. The van der Waals surface area contributed by atoms with Crippen LogP contribution in [0.5, 0.6) is 0 Å². The summed E-state index contributed by atoms with van der Waals surface area (Å²) >= 11 is 0. The first-order valence-electron chi connectivity index (χ1n) is 6.37. The van der Waals surface area contributed by atoms with Gasteiger partial charge in [-0.25, -0.2) is 0 Å². The Balaban J connectivity index is 2.29. The highest BCUT2D eigenvalue weighted by Gasteiger charge is 2.15. The van der Waals surface area contributed by atoms with Gasteiger partial charge in [-0.1, -0.05) is 30.3 Å². The Morgan fingerprint density at radius 2 is 1.89 bits per heavy atom. The molecule has 0 aliphatic carbocycles. The highest BCUT2D eigenvalue weighted by Crippen LogP contribution is 2.04. The summed E-state index contributed by atoms with van der Waals surface area (Å²) in [4.78, 5) is 22.7. The molecule has 104 valence electrons. The minimum absolute atomic E-state index is 0.0763. The average Bonchev–Trinajstić information content (AvgIpc) is 2.43. The number of hydrogen-bond acceptors (Lipinski definition) is 3. The van der Waals surface area contributed by atoms with Crippen LogP contribution in [-0.4, -0.2) is 36.1 Å². The summed E-state index contributed by atoms with van der Waals surface area (Å²) < 4.78 is 0. The van der Waals surface area contributed by atoms with E-state index in [-0.39, 0.29) is 19.2 Å². The van der Waals surface area contributed by atoms with E-state index in [1.807, 2.05) is 37.3 Å². The number of aliphatic hydroxyl groups is 1. The third-order valence-electron chi connectivity index (χ3n) is 2.69. The minimum Gasteiger partial charge on any atom is -0.395 e. The van der Waals surface area contributed by atoms with Gasteiger partial charge in [0.1, 0.15) is 0 Å². The van der Waals surface area contributed by atoms with Crippen molar-refractivity contribution >= 4 is 11.8 Å². The van der Waals surface area contributed by atoms with Crippen molar-refractivity contribution in [1.29, 1.82) is 0 Å². The van der Waals surface area contributed by atoms with Gasteiger partial charge in [0.25, 0.3) is 0 Å². The van der Waals surface area contributed by atoms with E-state index in [9.17, 15) is 9.59 Å². The van der Waals surface area contributed by atoms with Gasteiger partial charge in [-0.2, -0.15) is 0 Å². The Morgan fingerprint density at radius 3 is 2.53 bits per heavy atom. The Bertz CT molecular complexity index is 406. The average molecular weight is 264 g/mol. The smallest absolute Gasteiger partial charge is 0.309 e. The van der Waals surface area contributed by atoms with Crippen molar-refractivity contribution in [2.75, 3.05) is 13.2 Å². The molecular weight excluding hydrogens is 244 g/mol. The topological polar surface area (TPSA) is 78.4 Å². The molecule has 0 saturated carbocycles. The molecule has 1 rings (SSSR count). The molecule has 0 aromatic heterocycles. The normalized spacial score (nSPS) is 11.7. The highest BCUT2D eigenvalue weighted by molar-refractivity contribution is 6.35. The van der Waals surface area contributed by atoms with E-state index in [1.54, 1.807) is 0 Å². The first-order chi connectivity index (χ1) is 9.13. The van der Waals surface area contributed by atoms with Gasteiger partial charge in [0, 0.05) is 12.6 Å². The molecule has 1 aromatic carbocycles. The Kier molecular flexibility index (Phi) is 6.60. The summed E-state index contributed by atoms with van der Waals surface area (Å²) in [5.41, 5.74) is 1.20. The fraction of sp³-hybridized carbons (Fsp3) is 0.429. The van der Waals surface area contributed by atoms with Crippen LogP contribution in [0.4, 0.5) is 0 Å². The largest absolute Gasteiger partial charge is 0.395 e. The summed E-state index contributed by atoms with van der Waals surface area (Å²) in [5, 5.41) is 13.5. The van der Waals surface area contributed by atoms with Gasteiger partial charge < -0.3 is 15.7 Å². The zero-order valence-corrected chi connectivity index (χ0v) is 11.1. The van der Waals surface area contributed by atoms with E-state index in [1.165, 1.54) is 5.56 Å². The molecule has 0 fully saturated rings. The monoisotopic (exact) mass is 264 g/mol. The van der Waals surface area contributed by atoms with Crippen molar-refractivity contribution in [2.24, 2.45) is 0 Å². The number of amides is 2. The van der Waals surface area contributed by atoms with E-state index in [0.717, 1.165) is 12.8 Å². The van der Waals surface area contributed by atoms with Crippen LogP contribution in [0.25, 0.3) is 0 Å². The number of hydrogen-bond donors (Lipinski definition) is 3. The van der Waals surface area contributed by atoms with Crippen LogP contribution in [0.1, 0.15) is 18.9 Å². The number of aryl methyl sites for hydroxylation is 1. The van der Waals surface area contributed by atoms with E-state index in [4.69, 9.17) is 5.11 Å². The van der Waals surface area contributed by atoms with E-state index in [2.05, 4.69) is 10.6 Å². The summed E-state index contributed by atoms with van der Waals surface area (Å²) in [6.07, 6.45) is 1.61. The van der Waals surface area contributed by atoms with Crippen LogP contribution >= 0.6 is 0 Å². The molecule has 5 nitrogen and oxygen atoms in total. The van der Waals surface area contributed by atoms with Gasteiger partial charge in [0.05, 0.1) is 6.61 Å². The SMILES string of the molecule is C[C@@H](CCc1ccccc1)NC(=O)C(=O)NCCO. The quantitative estimate of drug-likeness (QED) is 0.644. The summed E-state index contributed by atoms with van der Waals surface area (Å²) in [5.74, 6) is -1.37. The molecule has 0 aliphatic heterocycles. The second-order valence-corrected chi connectivity index (χ2v) is 4.38. The predicted octanol–water partition coefficient (Wildman–Crippen LogP) is 0.232. The maximum absolute atomic E-state index is 11.5. The minimum atomic E-state index is -0.708. The molecule has 1 atom stereocenters. The number of aliphatic hydroxyl groups excluding tert-OH is 1. The molecule has 2 amide bonds. The van der Waals surface area contributed by atoms with Gasteiger partial charge in [0.2, 0.25) is 0 Å². The van der Waals surface area contributed by atoms with Crippen LogP contribution in [0.2, 0.25) is 0 Å². The Morgan fingerprint density at radius 1 is 1.21 bits per heavy atom. The molecule has 0 spiro atoms. The van der Waals surface area contributed by atoms with Gasteiger partial charge in [0.15, 0.2) is 0 Å². The molecule has 0 unspecified atom stereocenters. The lowest BCUT2D eigenvalue weighted by Crippen LogP contribution is -2.44. The van der Waals surface area contributed by atoms with Crippen LogP contribution in [0, 0.1) is 0 Å². The Labute approximate surface area is 113 Å². The zero-order valence-electron chi connectivity index (χ0n) is 11.1. The number of rotatable bonds is 6. The lowest BCUT2D eigenvalue weighted by atomic mass is 10.1. The van der Waals surface area contributed by atoms with Gasteiger partial charge >= 0.3 is 11.8 Å². The van der Waals surface area contributed by atoms with Crippen LogP contribution < -0.4 is 10.6 Å². The van der Waals surface area contributed by atoms with E-state index >= 15 is 0 Å². The van der Waals surface area contributed by atoms with E-state index in [0.29, 0.717) is 0 Å². The summed E-state index contributed by atoms with van der Waals surface area (Å²) in [6.45, 7) is 1.77. The second kappa shape index (κ2) is 8.26. The van der Waals surface area contributed by atoms with Crippen LogP contribution in [-0.2, 0) is 16.0 Å². The van der Waals surface area contributed by atoms with Crippen molar-refractivity contribution in [2.45, 2.75) is 25.8 Å². The molecule has 0 radical (unpaired) electrons. The lowest BCUT2D eigenvalue weighted by Gasteiger charge is -2.13. The first kappa shape index (κ1) is 15.2. The summed E-state index contributed by atoms with van der Waals surface area (Å²) in [7, 11) is 0. The predicted molar refractivity (Wildman–Crippen MR) is 72.5 cm³/mol. The fourth-order valence-corrected chi connectivity index (χ4v) is 1.64. The molecule has 0 heterocycles. The third kappa shape index (κ3) is 6.01. The molecule has 3 N–H and O–H groups in total. The zero-order chi connectivity index (χ0) is 14.1. The van der Waals surface area contributed by atoms with Gasteiger partial charge in [-0.05, 0) is 25.3 Å². The fourth-order valence-electron chi connectivity index (χ4n) is 1.64. The van der Waals surface area contributed by atoms with Crippen molar-refractivity contribution < 1.29 is 14.7 Å². The molecule has 0 aliphatic rings. The van der Waals surface area contributed by atoms with Crippen molar-refractivity contribution in [3.05, 3.63) is 35.9 Å². The number of nitrogens with one attached hydrogen (secondary N) is 2. The van der Waals surface area contributed by atoms with Gasteiger partial charge in [-0.3, -0.25) is 9.59 Å². The lowest BCUT2D eigenvalue weighted by molar-refractivity contribution is -0.139. The number of carbonyl (C=O) groups is 2. The molecule has 5 heteroatoms. The molecule has 1 aromatic rings. The molecule has 19 heavy (non-hydrogen) atoms. The second-order valence-electron chi connectivity index (χ2n) is 4.38. The van der Waals surface area contributed by atoms with Crippen molar-refractivity contribution in [3.63, 3.8) is 0 Å². The first-order valence-corrected chi connectivity index (χ1v) is 6.37. The maximum atomic E-state index is 11.5. The van der Waals surface area contributed by atoms with Crippen LogP contribution in [0.15, 0.2) is 30.3 Å². The molecule has 0 saturated heterocycles. The molecule has 0 bridgehead atoms. The van der Waals surface area contributed by atoms with Crippen molar-refractivity contribution in [3.8, 4) is 0 Å². The Hall–Kier alpha value is -1.88. The standard InChI is InChI=1S/C14H20N2O3/c1-11(7-8-12-5-3-2-4-6-12)16-14(19)13(18)15-9-10-17/h2-6,11,17H,7-10H2,1H3,(H,15,18)(H,16,19)/t11-/m0/s1. The van der Waals surface area contributed by atoms with Gasteiger partial charge in [-0.15, -0.1) is 0 Å². The molecular formula is C14H20N2O3. The third-order valence-corrected chi connectivity index (χ3v) is 2.69. The van der Waals surface area contributed by atoms with Crippen LogP contribution in [0.3, 0.4) is 0 Å².